The average Bonchev–Trinajstić information content (AvgIpc) is 3.12. The molecule has 0 aliphatic carbocycles. The summed E-state index contributed by atoms with van der Waals surface area (Å²) in [6, 6.07) is -0.766. The Kier molecular flexibility index (Phi) is 38.8. The summed E-state index contributed by atoms with van der Waals surface area (Å²) in [7, 11) is -4.30. The molecule has 0 spiro atoms. The van der Waals surface area contributed by atoms with Gasteiger partial charge in [0.15, 0.2) is 0 Å². The highest BCUT2D eigenvalue weighted by Crippen LogP contribution is 2.43. The first-order chi connectivity index (χ1) is 24.9. The predicted molar refractivity (Wildman–Crippen MR) is 217 cm³/mol. The summed E-state index contributed by atoms with van der Waals surface area (Å²) in [5.74, 6) is -0.158. The van der Waals surface area contributed by atoms with Crippen LogP contribution in [-0.4, -0.2) is 47.8 Å². The lowest BCUT2D eigenvalue weighted by atomic mass is 10.0. The van der Waals surface area contributed by atoms with Crippen LogP contribution in [0.25, 0.3) is 0 Å². The maximum atomic E-state index is 12.7. The molecular weight excluding hydrogens is 659 g/mol. The number of aliphatic hydroxyl groups is 1. The normalized spacial score (nSPS) is 14.1. The number of unbranched alkanes of at least 4 members (excludes halogenated alkanes) is 30. The summed E-state index contributed by atoms with van der Waals surface area (Å²) in [5, 5.41) is 13.7. The van der Waals surface area contributed by atoms with E-state index in [0.29, 0.717) is 12.8 Å². The van der Waals surface area contributed by atoms with Gasteiger partial charge in [-0.05, 0) is 12.8 Å². The third-order valence-corrected chi connectivity index (χ3v) is 11.2. The fraction of sp³-hybridized carbons (Fsp3) is 0.976. The second-order valence-corrected chi connectivity index (χ2v) is 16.7. The Hall–Kier alpha value is -0.500. The first-order valence-corrected chi connectivity index (χ1v) is 23.6. The van der Waals surface area contributed by atoms with Crippen LogP contribution in [0.3, 0.4) is 0 Å². The molecule has 0 aromatic rings. The van der Waals surface area contributed by atoms with Crippen LogP contribution in [0, 0.1) is 0 Å². The summed E-state index contributed by atoms with van der Waals surface area (Å²) in [6.45, 7) is 4.22. The van der Waals surface area contributed by atoms with Gasteiger partial charge >= 0.3 is 7.82 Å². The van der Waals surface area contributed by atoms with E-state index < -0.39 is 20.0 Å². The molecule has 306 valence electrons. The third-order valence-electron chi connectivity index (χ3n) is 10.2. The monoisotopic (exact) mass is 747 g/mol. The van der Waals surface area contributed by atoms with E-state index >= 15 is 0 Å². The summed E-state index contributed by atoms with van der Waals surface area (Å²) in [5.41, 5.74) is 5.37. The lowest BCUT2D eigenvalue weighted by molar-refractivity contribution is -0.123. The highest BCUT2D eigenvalue weighted by Gasteiger charge is 2.27. The summed E-state index contributed by atoms with van der Waals surface area (Å²) in [4.78, 5) is 22.7. The highest BCUT2D eigenvalue weighted by atomic mass is 31.2. The van der Waals surface area contributed by atoms with E-state index in [-0.39, 0.29) is 25.7 Å². The number of aliphatic hydroxyl groups excluding tert-OH is 1. The number of hydrogen-bond donors (Lipinski definition) is 4. The Balaban J connectivity index is 3.97. The number of carbonyl (C=O) groups is 1. The minimum Gasteiger partial charge on any atom is -0.391 e. The second kappa shape index (κ2) is 39.2. The Labute approximate surface area is 316 Å². The van der Waals surface area contributed by atoms with Crippen molar-refractivity contribution in [1.82, 2.24) is 5.32 Å². The van der Waals surface area contributed by atoms with Crippen molar-refractivity contribution >= 4 is 13.7 Å². The van der Waals surface area contributed by atoms with Crippen LogP contribution >= 0.6 is 7.82 Å². The maximum absolute atomic E-state index is 12.7. The lowest BCUT2D eigenvalue weighted by Gasteiger charge is -2.25. The van der Waals surface area contributed by atoms with Gasteiger partial charge in [0, 0.05) is 13.0 Å². The summed E-state index contributed by atoms with van der Waals surface area (Å²) in [6.07, 6.45) is 41.2. The molecule has 0 aliphatic rings. The van der Waals surface area contributed by atoms with Crippen LogP contribution in [0.15, 0.2) is 0 Å². The van der Waals surface area contributed by atoms with Crippen molar-refractivity contribution < 1.29 is 28.4 Å². The minimum atomic E-state index is -4.30. The van der Waals surface area contributed by atoms with E-state index in [1.165, 1.54) is 167 Å². The van der Waals surface area contributed by atoms with Crippen molar-refractivity contribution in [3.8, 4) is 0 Å². The number of phosphoric ester groups is 1. The van der Waals surface area contributed by atoms with Gasteiger partial charge in [0.25, 0.3) is 0 Å². The molecule has 0 bridgehead atoms. The van der Waals surface area contributed by atoms with Gasteiger partial charge in [0.05, 0.1) is 25.4 Å². The third kappa shape index (κ3) is 37.6. The SMILES string of the molecule is CCCCCCCCCCCCCCCCCCCCCCCCC(=O)N[C@@H](COP(=O)(O)OCCN)[C@H](O)CCCCCCCCCCCC. The van der Waals surface area contributed by atoms with Crippen LogP contribution in [0.1, 0.15) is 232 Å². The van der Waals surface area contributed by atoms with Crippen LogP contribution in [0.5, 0.6) is 0 Å². The van der Waals surface area contributed by atoms with Crippen molar-refractivity contribution in [2.75, 3.05) is 19.8 Å². The van der Waals surface area contributed by atoms with Crippen molar-refractivity contribution in [2.45, 2.75) is 244 Å². The van der Waals surface area contributed by atoms with E-state index in [9.17, 15) is 19.4 Å². The molecule has 0 aromatic carbocycles. The summed E-state index contributed by atoms with van der Waals surface area (Å²) >= 11 is 0. The molecule has 0 aromatic heterocycles. The number of carbonyl (C=O) groups excluding carboxylic acids is 1. The van der Waals surface area contributed by atoms with E-state index in [4.69, 9.17) is 14.8 Å². The molecule has 0 saturated carbocycles. The number of rotatable bonds is 42. The highest BCUT2D eigenvalue weighted by molar-refractivity contribution is 7.47. The van der Waals surface area contributed by atoms with Gasteiger partial charge < -0.3 is 21.1 Å². The fourth-order valence-electron chi connectivity index (χ4n) is 6.84. The smallest absolute Gasteiger partial charge is 0.391 e. The number of amides is 1. The fourth-order valence-corrected chi connectivity index (χ4v) is 7.60. The number of nitrogens with one attached hydrogen (secondary N) is 1. The van der Waals surface area contributed by atoms with Crippen molar-refractivity contribution in [3.05, 3.63) is 0 Å². The Morgan fingerprint density at radius 1 is 0.569 bits per heavy atom. The molecule has 0 saturated heterocycles. The van der Waals surface area contributed by atoms with Crippen LogP contribution in [-0.2, 0) is 18.4 Å². The van der Waals surface area contributed by atoms with Gasteiger partial charge in [-0.2, -0.15) is 0 Å². The summed E-state index contributed by atoms with van der Waals surface area (Å²) < 4.78 is 22.1. The molecule has 5 N–H and O–H groups in total. The molecule has 0 radical (unpaired) electrons. The van der Waals surface area contributed by atoms with Crippen molar-refractivity contribution in [1.29, 1.82) is 0 Å². The molecule has 8 nitrogen and oxygen atoms in total. The zero-order chi connectivity index (χ0) is 37.5. The number of phosphoric acid groups is 1. The predicted octanol–water partition coefficient (Wildman–Crippen LogP) is 12.2. The molecule has 1 unspecified atom stereocenters. The first kappa shape index (κ1) is 50.5. The van der Waals surface area contributed by atoms with Gasteiger partial charge in [0.1, 0.15) is 0 Å². The Bertz CT molecular complexity index is 774. The van der Waals surface area contributed by atoms with E-state index in [1.54, 1.807) is 0 Å². The van der Waals surface area contributed by atoms with Gasteiger partial charge in [0.2, 0.25) is 5.91 Å². The minimum absolute atomic E-state index is 0.0922. The van der Waals surface area contributed by atoms with Gasteiger partial charge in [-0.15, -0.1) is 0 Å². The maximum Gasteiger partial charge on any atom is 0.472 e. The Morgan fingerprint density at radius 3 is 1.25 bits per heavy atom. The van der Waals surface area contributed by atoms with Crippen LogP contribution in [0.2, 0.25) is 0 Å². The van der Waals surface area contributed by atoms with Gasteiger partial charge in [-0.25, -0.2) is 4.57 Å². The van der Waals surface area contributed by atoms with E-state index in [0.717, 1.165) is 38.5 Å². The van der Waals surface area contributed by atoms with Crippen molar-refractivity contribution in [2.24, 2.45) is 5.73 Å². The zero-order valence-electron chi connectivity index (χ0n) is 33.9. The van der Waals surface area contributed by atoms with Gasteiger partial charge in [-0.3, -0.25) is 13.8 Å². The lowest BCUT2D eigenvalue weighted by Crippen LogP contribution is -2.46. The second-order valence-electron chi connectivity index (χ2n) is 15.3. The molecule has 1 amide bonds. The molecule has 3 atom stereocenters. The average molecular weight is 747 g/mol. The molecular formula is C42H87N2O6P. The topological polar surface area (TPSA) is 131 Å². The first-order valence-electron chi connectivity index (χ1n) is 22.2. The molecule has 0 heterocycles. The standard InChI is InChI=1S/C42H87N2O6P/c1-3-5-7-9-11-13-15-16-17-18-19-20-21-22-23-24-25-26-28-30-32-34-36-42(46)44-40(39-50-51(47,48)49-38-37-43)41(45)35-33-31-29-27-14-12-10-8-6-4-2/h40-41,45H,3-39,43H2,1-2H3,(H,44,46)(H,47,48)/t40-,41+/m0/s1. The largest absolute Gasteiger partial charge is 0.472 e. The molecule has 0 aliphatic heterocycles. The molecule has 0 rings (SSSR count). The van der Waals surface area contributed by atoms with Crippen LogP contribution in [0.4, 0.5) is 0 Å². The van der Waals surface area contributed by atoms with E-state index in [2.05, 4.69) is 19.2 Å². The van der Waals surface area contributed by atoms with Gasteiger partial charge in [-0.1, -0.05) is 213 Å². The zero-order valence-corrected chi connectivity index (χ0v) is 34.8. The molecule has 9 heteroatoms. The number of hydrogen-bond acceptors (Lipinski definition) is 6. The molecule has 51 heavy (non-hydrogen) atoms. The van der Waals surface area contributed by atoms with E-state index in [1.807, 2.05) is 0 Å². The van der Waals surface area contributed by atoms with Crippen LogP contribution < -0.4 is 11.1 Å². The Morgan fingerprint density at radius 2 is 0.902 bits per heavy atom. The molecule has 0 fully saturated rings. The quantitative estimate of drug-likeness (QED) is 0.0361. The van der Waals surface area contributed by atoms with Crippen molar-refractivity contribution in [3.63, 3.8) is 0 Å². The number of nitrogens with two attached hydrogens (primary N) is 1.